The first kappa shape index (κ1) is 24.9. The van der Waals surface area contributed by atoms with Crippen molar-refractivity contribution in [3.63, 3.8) is 0 Å². The smallest absolute Gasteiger partial charge is 0.228 e. The zero-order valence-corrected chi connectivity index (χ0v) is 21.0. The van der Waals surface area contributed by atoms with Crippen molar-refractivity contribution in [1.29, 1.82) is 0 Å². The number of hydrogen-bond acceptors (Lipinski definition) is 5. The predicted molar refractivity (Wildman–Crippen MR) is 126 cm³/mol. The summed E-state index contributed by atoms with van der Waals surface area (Å²) in [5, 5.41) is -0.0970. The topological polar surface area (TPSA) is 81.5 Å². The minimum Gasteiger partial charge on any atom is -0.376 e. The molecular weight excluding hydrogens is 457 g/mol. The van der Waals surface area contributed by atoms with E-state index in [0.29, 0.717) is 31.8 Å². The number of nitrogens with zero attached hydrogens (tertiary/aromatic N) is 3. The van der Waals surface area contributed by atoms with Gasteiger partial charge in [-0.1, -0.05) is 39.0 Å². The number of ether oxygens (including phenoxy) is 1. The summed E-state index contributed by atoms with van der Waals surface area (Å²) in [4.78, 5) is 19.2. The largest absolute Gasteiger partial charge is 0.376 e. The van der Waals surface area contributed by atoms with Crippen LogP contribution in [-0.2, 0) is 38.2 Å². The molecule has 0 radical (unpaired) electrons. The summed E-state index contributed by atoms with van der Waals surface area (Å²) in [5.74, 6) is -0.969. The highest BCUT2D eigenvalue weighted by atomic mass is 32.2. The van der Waals surface area contributed by atoms with Crippen LogP contribution >= 0.6 is 0 Å². The Bertz CT molecular complexity index is 1130. The van der Waals surface area contributed by atoms with Crippen molar-refractivity contribution in [2.75, 3.05) is 6.61 Å². The van der Waals surface area contributed by atoms with Gasteiger partial charge in [0.05, 0.1) is 36.8 Å². The Balaban J connectivity index is 1.65. The third-order valence-corrected chi connectivity index (χ3v) is 7.79. The van der Waals surface area contributed by atoms with Crippen molar-refractivity contribution in [2.45, 2.75) is 89.0 Å². The van der Waals surface area contributed by atoms with Crippen LogP contribution in [-0.4, -0.2) is 47.5 Å². The maximum atomic E-state index is 14.2. The van der Waals surface area contributed by atoms with Crippen LogP contribution in [0.3, 0.4) is 0 Å². The summed E-state index contributed by atoms with van der Waals surface area (Å²) in [7, 11) is -3.92. The van der Waals surface area contributed by atoms with E-state index in [9.17, 15) is 17.6 Å². The molecule has 0 N–H and O–H groups in total. The van der Waals surface area contributed by atoms with Gasteiger partial charge in [0.15, 0.2) is 0 Å². The summed E-state index contributed by atoms with van der Waals surface area (Å²) >= 11 is 0. The van der Waals surface area contributed by atoms with Gasteiger partial charge in [-0.25, -0.2) is 17.8 Å². The zero-order valence-electron chi connectivity index (χ0n) is 20.2. The van der Waals surface area contributed by atoms with Crippen LogP contribution in [0.25, 0.3) is 0 Å². The second-order valence-corrected chi connectivity index (χ2v) is 12.5. The van der Waals surface area contributed by atoms with Gasteiger partial charge in [0, 0.05) is 24.6 Å². The van der Waals surface area contributed by atoms with Crippen molar-refractivity contribution in [3.8, 4) is 0 Å². The highest BCUT2D eigenvalue weighted by Gasteiger charge is 2.36. The molecule has 1 amide bonds. The van der Waals surface area contributed by atoms with Gasteiger partial charge in [0.1, 0.15) is 5.82 Å². The average Bonchev–Trinajstić information content (AvgIpc) is 3.29. The Morgan fingerprint density at radius 3 is 2.59 bits per heavy atom. The van der Waals surface area contributed by atoms with E-state index in [-0.39, 0.29) is 34.2 Å². The van der Waals surface area contributed by atoms with E-state index < -0.39 is 21.4 Å². The number of halogens is 1. The highest BCUT2D eigenvalue weighted by Crippen LogP contribution is 2.32. The molecule has 7 nitrogen and oxygen atoms in total. The molecule has 9 heteroatoms. The molecule has 1 aromatic heterocycles. The number of amides is 1. The SMILES string of the molecule is CC(C)(C)CC(=O)N(Cc1cnc(S(=O)(=O)Cc2ccccc2F)n1C[C@@H]1CCCO1)C1CC1. The fourth-order valence-electron chi connectivity index (χ4n) is 4.38. The van der Waals surface area contributed by atoms with Gasteiger partial charge >= 0.3 is 0 Å². The molecule has 2 fully saturated rings. The van der Waals surface area contributed by atoms with E-state index in [1.807, 2.05) is 25.7 Å². The molecule has 0 spiro atoms. The lowest BCUT2D eigenvalue weighted by atomic mass is 9.91. The molecule has 0 unspecified atom stereocenters. The average molecular weight is 492 g/mol. The Kier molecular flexibility index (Phi) is 7.14. The first-order valence-electron chi connectivity index (χ1n) is 12.0. The van der Waals surface area contributed by atoms with E-state index in [1.165, 1.54) is 18.2 Å². The lowest BCUT2D eigenvalue weighted by Gasteiger charge is -2.27. The normalized spacial score (nSPS) is 18.9. The first-order chi connectivity index (χ1) is 16.0. The van der Waals surface area contributed by atoms with Gasteiger partial charge in [-0.3, -0.25) is 4.79 Å². The summed E-state index contributed by atoms with van der Waals surface area (Å²) in [5.41, 5.74) is 0.628. The second kappa shape index (κ2) is 9.77. The molecule has 2 aliphatic rings. The van der Waals surface area contributed by atoms with Crippen molar-refractivity contribution < 1.29 is 22.3 Å². The lowest BCUT2D eigenvalue weighted by Crippen LogP contribution is -2.36. The van der Waals surface area contributed by atoms with Gasteiger partial charge in [0.25, 0.3) is 0 Å². The third kappa shape index (κ3) is 6.05. The number of benzene rings is 1. The van der Waals surface area contributed by atoms with Crippen LogP contribution < -0.4 is 0 Å². The summed E-state index contributed by atoms with van der Waals surface area (Å²) in [6.07, 6.45) is 5.51. The molecule has 34 heavy (non-hydrogen) atoms. The van der Waals surface area contributed by atoms with Gasteiger partial charge in [0.2, 0.25) is 20.9 Å². The lowest BCUT2D eigenvalue weighted by molar-refractivity contribution is -0.134. The zero-order chi connectivity index (χ0) is 24.5. The molecule has 1 saturated carbocycles. The molecule has 0 bridgehead atoms. The predicted octanol–water partition coefficient (Wildman–Crippen LogP) is 4.10. The van der Waals surface area contributed by atoms with Crippen LogP contribution in [0.15, 0.2) is 35.6 Å². The van der Waals surface area contributed by atoms with Crippen LogP contribution in [0, 0.1) is 11.2 Å². The Hall–Kier alpha value is -2.26. The fraction of sp³-hybridized carbons (Fsp3) is 0.600. The van der Waals surface area contributed by atoms with Crippen molar-refractivity contribution in [2.24, 2.45) is 5.41 Å². The van der Waals surface area contributed by atoms with Gasteiger partial charge in [-0.2, -0.15) is 0 Å². The number of carbonyl (C=O) groups is 1. The molecular formula is C25H34FN3O4S. The summed E-state index contributed by atoms with van der Waals surface area (Å²) in [6, 6.07) is 6.06. The third-order valence-electron chi connectivity index (χ3n) is 6.22. The van der Waals surface area contributed by atoms with E-state index in [4.69, 9.17) is 4.74 Å². The highest BCUT2D eigenvalue weighted by molar-refractivity contribution is 7.90. The minimum atomic E-state index is -3.92. The number of rotatable bonds is 9. The standard InChI is InChI=1S/C25H34FN3O4S/c1-25(2,3)13-23(30)28(19-10-11-19)15-20-14-27-24(29(20)16-21-8-6-12-33-21)34(31,32)17-18-7-4-5-9-22(18)26/h4-5,7,9,14,19,21H,6,8,10-13,15-17H2,1-3H3/t21-/m0/s1. The molecule has 1 aromatic carbocycles. The Morgan fingerprint density at radius 1 is 1.24 bits per heavy atom. The van der Waals surface area contributed by atoms with Crippen LogP contribution in [0.4, 0.5) is 4.39 Å². The van der Waals surface area contributed by atoms with Gasteiger partial charge in [-0.15, -0.1) is 0 Å². The molecule has 1 atom stereocenters. The molecule has 2 aromatic rings. The van der Waals surface area contributed by atoms with E-state index in [2.05, 4.69) is 4.98 Å². The molecule has 1 aliphatic heterocycles. The molecule has 186 valence electrons. The monoisotopic (exact) mass is 491 g/mol. The number of imidazole rings is 1. The van der Waals surface area contributed by atoms with Crippen molar-refractivity contribution >= 4 is 15.7 Å². The second-order valence-electron chi connectivity index (χ2n) is 10.6. The van der Waals surface area contributed by atoms with Crippen LogP contribution in [0.2, 0.25) is 0 Å². The van der Waals surface area contributed by atoms with Crippen LogP contribution in [0.5, 0.6) is 0 Å². The fourth-order valence-corrected chi connectivity index (χ4v) is 5.89. The number of sulfone groups is 1. The maximum absolute atomic E-state index is 14.2. The maximum Gasteiger partial charge on any atom is 0.228 e. The Labute approximate surface area is 201 Å². The van der Waals surface area contributed by atoms with Gasteiger partial charge < -0.3 is 14.2 Å². The molecule has 1 aliphatic carbocycles. The number of carbonyl (C=O) groups excluding carboxylic acids is 1. The van der Waals surface area contributed by atoms with E-state index >= 15 is 0 Å². The van der Waals surface area contributed by atoms with Crippen molar-refractivity contribution in [1.82, 2.24) is 14.5 Å². The first-order valence-corrected chi connectivity index (χ1v) is 13.6. The molecule has 1 saturated heterocycles. The number of hydrogen-bond donors (Lipinski definition) is 0. The van der Waals surface area contributed by atoms with Crippen LogP contribution in [0.1, 0.15) is 64.1 Å². The Morgan fingerprint density at radius 2 is 1.97 bits per heavy atom. The molecule has 2 heterocycles. The summed E-state index contributed by atoms with van der Waals surface area (Å²) in [6.45, 7) is 7.38. The number of aromatic nitrogens is 2. The van der Waals surface area contributed by atoms with E-state index in [1.54, 1.807) is 16.8 Å². The molecule has 4 rings (SSSR count). The minimum absolute atomic E-state index is 0.0654. The van der Waals surface area contributed by atoms with E-state index in [0.717, 1.165) is 25.7 Å². The quantitative estimate of drug-likeness (QED) is 0.528. The summed E-state index contributed by atoms with van der Waals surface area (Å²) < 4.78 is 48.3. The van der Waals surface area contributed by atoms with Gasteiger partial charge in [-0.05, 0) is 37.2 Å². The van der Waals surface area contributed by atoms with Crippen molar-refractivity contribution in [3.05, 3.63) is 47.5 Å².